The number of carboxylic acid groups (broad SMARTS) is 1. The smallest absolute Gasteiger partial charge is 0.420 e. The first-order valence-electron chi connectivity index (χ1n) is 5.48. The number of aromatic hydroxyl groups is 1. The van der Waals surface area contributed by atoms with Crippen molar-refractivity contribution >= 4 is 17.6 Å². The molecule has 0 spiro atoms. The van der Waals surface area contributed by atoms with E-state index in [0.29, 0.717) is 18.9 Å². The van der Waals surface area contributed by atoms with Crippen molar-refractivity contribution in [2.75, 3.05) is 0 Å². The minimum Gasteiger partial charge on any atom is -0.507 e. The van der Waals surface area contributed by atoms with Crippen molar-refractivity contribution in [1.29, 1.82) is 0 Å². The third-order valence-corrected chi connectivity index (χ3v) is 3.51. The summed E-state index contributed by atoms with van der Waals surface area (Å²) < 4.78 is 38.2. The van der Waals surface area contributed by atoms with Crippen LogP contribution >= 0.6 is 11.6 Å². The SMILES string of the molecule is O=C(O)CC1(c2cc(Cl)cc(C(F)(F)F)c2O)CC1. The van der Waals surface area contributed by atoms with E-state index in [2.05, 4.69) is 0 Å². The van der Waals surface area contributed by atoms with Crippen LogP contribution in [0.2, 0.25) is 5.02 Å². The fourth-order valence-electron chi connectivity index (χ4n) is 2.20. The predicted molar refractivity (Wildman–Crippen MR) is 61.3 cm³/mol. The van der Waals surface area contributed by atoms with E-state index in [1.165, 1.54) is 6.07 Å². The largest absolute Gasteiger partial charge is 0.507 e. The molecular formula is C12H10ClF3O3. The molecule has 1 fully saturated rings. The monoisotopic (exact) mass is 294 g/mol. The van der Waals surface area contributed by atoms with Crippen LogP contribution in [0, 0.1) is 0 Å². The summed E-state index contributed by atoms with van der Waals surface area (Å²) in [4.78, 5) is 10.8. The van der Waals surface area contributed by atoms with Gasteiger partial charge < -0.3 is 10.2 Å². The lowest BCUT2D eigenvalue weighted by Gasteiger charge is -2.19. The quantitative estimate of drug-likeness (QED) is 0.896. The van der Waals surface area contributed by atoms with Gasteiger partial charge in [-0.3, -0.25) is 4.79 Å². The first-order chi connectivity index (χ1) is 8.66. The molecule has 1 aromatic carbocycles. The van der Waals surface area contributed by atoms with Crippen LogP contribution in [0.4, 0.5) is 13.2 Å². The van der Waals surface area contributed by atoms with Gasteiger partial charge in [-0.2, -0.15) is 13.2 Å². The number of phenols is 1. The number of aliphatic carboxylic acids is 1. The van der Waals surface area contributed by atoms with E-state index in [4.69, 9.17) is 16.7 Å². The van der Waals surface area contributed by atoms with Gasteiger partial charge in [0.2, 0.25) is 0 Å². The molecule has 1 aliphatic carbocycles. The molecule has 1 aliphatic rings. The summed E-state index contributed by atoms with van der Waals surface area (Å²) in [5, 5.41) is 18.4. The van der Waals surface area contributed by atoms with Crippen molar-refractivity contribution in [3.05, 3.63) is 28.3 Å². The Hall–Kier alpha value is -1.43. The number of alkyl halides is 3. The number of rotatable bonds is 3. The summed E-state index contributed by atoms with van der Waals surface area (Å²) in [6, 6.07) is 1.85. The zero-order chi connectivity index (χ0) is 14.4. The number of phenolic OH excluding ortho intramolecular Hbond substituents is 1. The van der Waals surface area contributed by atoms with Gasteiger partial charge in [-0.1, -0.05) is 11.6 Å². The molecule has 2 N–H and O–H groups in total. The van der Waals surface area contributed by atoms with E-state index in [0.717, 1.165) is 0 Å². The molecule has 0 atom stereocenters. The van der Waals surface area contributed by atoms with Crippen LogP contribution in [0.1, 0.15) is 30.4 Å². The molecular weight excluding hydrogens is 285 g/mol. The number of halogens is 4. The Labute approximate surface area is 111 Å². The van der Waals surface area contributed by atoms with E-state index < -0.39 is 28.9 Å². The van der Waals surface area contributed by atoms with Gasteiger partial charge in [0.05, 0.1) is 12.0 Å². The number of hydrogen-bond donors (Lipinski definition) is 2. The highest BCUT2D eigenvalue weighted by molar-refractivity contribution is 6.30. The summed E-state index contributed by atoms with van der Waals surface area (Å²) in [6.07, 6.45) is -4.21. The Bertz CT molecular complexity index is 536. The van der Waals surface area contributed by atoms with E-state index in [1.807, 2.05) is 0 Å². The lowest BCUT2D eigenvalue weighted by Crippen LogP contribution is -2.15. The zero-order valence-corrected chi connectivity index (χ0v) is 10.3. The molecule has 0 aromatic heterocycles. The third kappa shape index (κ3) is 2.63. The summed E-state index contributed by atoms with van der Waals surface area (Å²) in [5.41, 5.74) is -2.19. The van der Waals surface area contributed by atoms with Gasteiger partial charge in [-0.25, -0.2) is 0 Å². The molecule has 0 aliphatic heterocycles. The van der Waals surface area contributed by atoms with Gasteiger partial charge >= 0.3 is 12.1 Å². The van der Waals surface area contributed by atoms with Crippen molar-refractivity contribution in [3.63, 3.8) is 0 Å². The van der Waals surface area contributed by atoms with E-state index in [-0.39, 0.29) is 17.0 Å². The maximum atomic E-state index is 12.7. The molecule has 2 rings (SSSR count). The normalized spacial score (nSPS) is 17.3. The van der Waals surface area contributed by atoms with Crippen LogP contribution in [0.15, 0.2) is 12.1 Å². The van der Waals surface area contributed by atoms with Crippen LogP contribution in [-0.2, 0) is 16.4 Å². The van der Waals surface area contributed by atoms with Crippen LogP contribution in [0.3, 0.4) is 0 Å². The predicted octanol–water partition coefficient (Wildman–Crippen LogP) is 3.57. The second-order valence-corrected chi connectivity index (χ2v) is 5.13. The maximum Gasteiger partial charge on any atom is 0.420 e. The van der Waals surface area contributed by atoms with Gasteiger partial charge in [0, 0.05) is 16.0 Å². The van der Waals surface area contributed by atoms with Gasteiger partial charge in [-0.15, -0.1) is 0 Å². The molecule has 19 heavy (non-hydrogen) atoms. The summed E-state index contributed by atoms with van der Waals surface area (Å²) in [6.45, 7) is 0. The lowest BCUT2D eigenvalue weighted by atomic mass is 9.90. The van der Waals surface area contributed by atoms with Gasteiger partial charge in [0.25, 0.3) is 0 Å². The molecule has 0 heterocycles. The van der Waals surface area contributed by atoms with Crippen LogP contribution in [0.5, 0.6) is 5.75 Å². The Morgan fingerprint density at radius 2 is 1.95 bits per heavy atom. The molecule has 0 amide bonds. The van der Waals surface area contributed by atoms with Crippen molar-refractivity contribution in [1.82, 2.24) is 0 Å². The summed E-state index contributed by atoms with van der Waals surface area (Å²) in [5.74, 6) is -2.04. The molecule has 7 heteroatoms. The molecule has 0 unspecified atom stereocenters. The topological polar surface area (TPSA) is 57.5 Å². The minimum atomic E-state index is -4.73. The number of carbonyl (C=O) groups is 1. The van der Waals surface area contributed by atoms with Crippen molar-refractivity contribution in [2.45, 2.75) is 30.9 Å². The van der Waals surface area contributed by atoms with E-state index in [9.17, 15) is 23.1 Å². The van der Waals surface area contributed by atoms with Crippen LogP contribution in [0.25, 0.3) is 0 Å². The highest BCUT2D eigenvalue weighted by Crippen LogP contribution is 2.56. The third-order valence-electron chi connectivity index (χ3n) is 3.29. The molecule has 104 valence electrons. The Kier molecular flexibility index (Phi) is 3.16. The van der Waals surface area contributed by atoms with Crippen LogP contribution in [-0.4, -0.2) is 16.2 Å². The maximum absolute atomic E-state index is 12.7. The Balaban J connectivity index is 2.53. The number of benzene rings is 1. The standard InChI is InChI=1S/C12H10ClF3O3/c13-6-3-7(11(1-2-11)5-9(17)18)10(19)8(4-6)12(14,15)16/h3-4,19H,1-2,5H2,(H,17,18). The fourth-order valence-corrected chi connectivity index (χ4v) is 2.42. The number of hydrogen-bond acceptors (Lipinski definition) is 2. The van der Waals surface area contributed by atoms with E-state index >= 15 is 0 Å². The molecule has 0 radical (unpaired) electrons. The molecule has 1 saturated carbocycles. The van der Waals surface area contributed by atoms with Crippen molar-refractivity contribution < 1.29 is 28.2 Å². The lowest BCUT2D eigenvalue weighted by molar-refractivity contribution is -0.138. The second-order valence-electron chi connectivity index (χ2n) is 4.70. The highest BCUT2D eigenvalue weighted by atomic mass is 35.5. The first kappa shape index (κ1) is 14.0. The second kappa shape index (κ2) is 4.30. The van der Waals surface area contributed by atoms with Gasteiger partial charge in [0.1, 0.15) is 5.75 Å². The Morgan fingerprint density at radius 3 is 2.37 bits per heavy atom. The molecule has 1 aromatic rings. The fraction of sp³-hybridized carbons (Fsp3) is 0.417. The first-order valence-corrected chi connectivity index (χ1v) is 5.85. The van der Waals surface area contributed by atoms with Crippen LogP contribution < -0.4 is 0 Å². The zero-order valence-electron chi connectivity index (χ0n) is 9.59. The average Bonchev–Trinajstić information content (AvgIpc) is 2.99. The van der Waals surface area contributed by atoms with E-state index in [1.54, 1.807) is 0 Å². The van der Waals surface area contributed by atoms with Crippen molar-refractivity contribution in [3.8, 4) is 5.75 Å². The molecule has 0 bridgehead atoms. The molecule has 3 nitrogen and oxygen atoms in total. The minimum absolute atomic E-state index is 0.0327. The van der Waals surface area contributed by atoms with Gasteiger partial charge in [-0.05, 0) is 25.0 Å². The summed E-state index contributed by atoms with van der Waals surface area (Å²) in [7, 11) is 0. The molecule has 0 saturated heterocycles. The Morgan fingerprint density at radius 1 is 1.37 bits per heavy atom. The van der Waals surface area contributed by atoms with Crippen molar-refractivity contribution in [2.24, 2.45) is 0 Å². The number of carboxylic acids is 1. The van der Waals surface area contributed by atoms with Gasteiger partial charge in [0.15, 0.2) is 0 Å². The highest BCUT2D eigenvalue weighted by Gasteiger charge is 2.49. The summed E-state index contributed by atoms with van der Waals surface area (Å²) >= 11 is 5.64. The average molecular weight is 295 g/mol.